The number of aliphatic imine (C=N–C) groups is 1. The molecule has 1 aliphatic heterocycles. The van der Waals surface area contributed by atoms with Crippen molar-refractivity contribution < 1.29 is 9.47 Å². The van der Waals surface area contributed by atoms with Crippen molar-refractivity contribution in [3.05, 3.63) is 29.8 Å². The van der Waals surface area contributed by atoms with Crippen molar-refractivity contribution in [3.8, 4) is 5.75 Å². The van der Waals surface area contributed by atoms with Crippen molar-refractivity contribution in [3.63, 3.8) is 0 Å². The maximum Gasteiger partial charge on any atom is 0.193 e. The lowest BCUT2D eigenvalue weighted by molar-refractivity contribution is 0.115. The van der Waals surface area contributed by atoms with E-state index in [4.69, 9.17) is 9.47 Å². The Kier molecular flexibility index (Phi) is 10.5. The summed E-state index contributed by atoms with van der Waals surface area (Å²) in [5.41, 5.74) is 1.32. The zero-order valence-electron chi connectivity index (χ0n) is 18.1. The number of methoxy groups -OCH3 is 1. The predicted molar refractivity (Wildman–Crippen MR) is 129 cm³/mol. The molecule has 2 aliphatic rings. The summed E-state index contributed by atoms with van der Waals surface area (Å²) in [4.78, 5) is 9.20. The fraction of sp³-hybridized carbons (Fsp3) is 0.682. The van der Waals surface area contributed by atoms with Crippen LogP contribution in [0.25, 0.3) is 0 Å². The zero-order chi connectivity index (χ0) is 19.8. The van der Waals surface area contributed by atoms with Crippen molar-refractivity contribution in [1.82, 2.24) is 15.1 Å². The Morgan fingerprint density at radius 1 is 1.24 bits per heavy atom. The fourth-order valence-corrected chi connectivity index (χ4v) is 3.75. The number of ether oxygens (including phenoxy) is 2. The van der Waals surface area contributed by atoms with Crippen molar-refractivity contribution in [2.45, 2.75) is 31.7 Å². The molecule has 0 bridgehead atoms. The number of rotatable bonds is 10. The van der Waals surface area contributed by atoms with Gasteiger partial charge in [-0.1, -0.05) is 12.1 Å². The first-order valence-corrected chi connectivity index (χ1v) is 10.6. The van der Waals surface area contributed by atoms with Gasteiger partial charge in [-0.15, -0.1) is 24.0 Å². The number of hydrogen-bond acceptors (Lipinski definition) is 4. The van der Waals surface area contributed by atoms with E-state index in [0.29, 0.717) is 6.04 Å². The molecule has 1 saturated heterocycles. The fourth-order valence-electron chi connectivity index (χ4n) is 3.75. The van der Waals surface area contributed by atoms with E-state index < -0.39 is 0 Å². The monoisotopic (exact) mass is 516 g/mol. The molecule has 1 unspecified atom stereocenters. The van der Waals surface area contributed by atoms with E-state index in [9.17, 15) is 0 Å². The Morgan fingerprint density at radius 3 is 2.52 bits per heavy atom. The third-order valence-electron chi connectivity index (χ3n) is 5.73. The number of nitrogens with one attached hydrogen (secondary N) is 1. The van der Waals surface area contributed by atoms with Gasteiger partial charge >= 0.3 is 0 Å². The van der Waals surface area contributed by atoms with Gasteiger partial charge in [-0.05, 0) is 62.4 Å². The normalized spacial score (nSPS) is 18.2. The standard InChI is InChI=1S/C22H36N4O2.HI/c1-23-22(25(2)14-15-28-17-18-6-7-18)24-16-21(26-12-4-5-13-26)19-8-10-20(27-3)11-9-19;/h8-11,18,21H,4-7,12-17H2,1-3H3,(H,23,24);1H. The lowest BCUT2D eigenvalue weighted by atomic mass is 10.1. The van der Waals surface area contributed by atoms with Gasteiger partial charge in [0.05, 0.1) is 19.8 Å². The minimum Gasteiger partial charge on any atom is -0.497 e. The summed E-state index contributed by atoms with van der Waals surface area (Å²) < 4.78 is 11.1. The highest BCUT2D eigenvalue weighted by molar-refractivity contribution is 14.0. The van der Waals surface area contributed by atoms with Gasteiger partial charge < -0.3 is 19.7 Å². The van der Waals surface area contributed by atoms with E-state index in [0.717, 1.165) is 57.0 Å². The minimum absolute atomic E-state index is 0. The third kappa shape index (κ3) is 7.61. The van der Waals surface area contributed by atoms with Gasteiger partial charge in [-0.3, -0.25) is 9.89 Å². The van der Waals surface area contributed by atoms with Crippen LogP contribution in [0.4, 0.5) is 0 Å². The van der Waals surface area contributed by atoms with Gasteiger partial charge in [0.15, 0.2) is 5.96 Å². The SMILES string of the molecule is CN=C(NCC(c1ccc(OC)cc1)N1CCCC1)N(C)CCOCC1CC1.I. The highest BCUT2D eigenvalue weighted by Gasteiger charge is 2.24. The van der Waals surface area contributed by atoms with E-state index in [-0.39, 0.29) is 24.0 Å². The maximum absolute atomic E-state index is 5.78. The van der Waals surface area contributed by atoms with Crippen LogP contribution in [0.2, 0.25) is 0 Å². The third-order valence-corrected chi connectivity index (χ3v) is 5.73. The molecule has 29 heavy (non-hydrogen) atoms. The smallest absolute Gasteiger partial charge is 0.193 e. The topological polar surface area (TPSA) is 49.3 Å². The lowest BCUT2D eigenvalue weighted by Gasteiger charge is -2.30. The van der Waals surface area contributed by atoms with E-state index in [1.165, 1.54) is 31.2 Å². The molecule has 1 aromatic carbocycles. The van der Waals surface area contributed by atoms with E-state index >= 15 is 0 Å². The van der Waals surface area contributed by atoms with Gasteiger partial charge in [-0.25, -0.2) is 0 Å². The summed E-state index contributed by atoms with van der Waals surface area (Å²) >= 11 is 0. The Hall–Kier alpha value is -1.06. The van der Waals surface area contributed by atoms with Crippen molar-refractivity contribution in [1.29, 1.82) is 0 Å². The molecule has 1 atom stereocenters. The van der Waals surface area contributed by atoms with Gasteiger partial charge in [-0.2, -0.15) is 0 Å². The van der Waals surface area contributed by atoms with Crippen molar-refractivity contribution in [2.24, 2.45) is 10.9 Å². The largest absolute Gasteiger partial charge is 0.497 e. The average molecular weight is 516 g/mol. The summed E-state index contributed by atoms with van der Waals surface area (Å²) in [7, 11) is 5.64. The Balaban J connectivity index is 0.00000300. The summed E-state index contributed by atoms with van der Waals surface area (Å²) in [6, 6.07) is 8.81. The molecular formula is C22H37IN4O2. The second kappa shape index (κ2) is 12.6. The van der Waals surface area contributed by atoms with Crippen LogP contribution < -0.4 is 10.1 Å². The first-order chi connectivity index (χ1) is 13.7. The van der Waals surface area contributed by atoms with Gasteiger partial charge in [0.2, 0.25) is 0 Å². The Labute approximate surface area is 193 Å². The molecule has 1 aromatic rings. The van der Waals surface area contributed by atoms with Crippen LogP contribution in [-0.2, 0) is 4.74 Å². The molecule has 1 aliphatic carbocycles. The highest BCUT2D eigenvalue weighted by Crippen LogP contribution is 2.28. The molecule has 0 aromatic heterocycles. The molecule has 6 nitrogen and oxygen atoms in total. The molecule has 0 radical (unpaired) electrons. The van der Waals surface area contributed by atoms with Crippen LogP contribution >= 0.6 is 24.0 Å². The molecule has 1 N–H and O–H groups in total. The van der Waals surface area contributed by atoms with Gasteiger partial charge in [0, 0.05) is 33.8 Å². The number of benzene rings is 1. The Bertz CT molecular complexity index is 616. The second-order valence-electron chi connectivity index (χ2n) is 7.90. The van der Waals surface area contributed by atoms with E-state index in [2.05, 4.69) is 51.4 Å². The summed E-state index contributed by atoms with van der Waals surface area (Å²) in [6.07, 6.45) is 5.23. The van der Waals surface area contributed by atoms with Crippen molar-refractivity contribution >= 4 is 29.9 Å². The van der Waals surface area contributed by atoms with Gasteiger partial charge in [0.25, 0.3) is 0 Å². The minimum atomic E-state index is 0. The zero-order valence-corrected chi connectivity index (χ0v) is 20.4. The van der Waals surface area contributed by atoms with Crippen LogP contribution in [-0.4, -0.2) is 76.4 Å². The molecule has 1 heterocycles. The molecular weight excluding hydrogens is 479 g/mol. The van der Waals surface area contributed by atoms with Crippen molar-refractivity contribution in [2.75, 3.05) is 60.6 Å². The second-order valence-corrected chi connectivity index (χ2v) is 7.90. The molecule has 0 spiro atoms. The summed E-state index contributed by atoms with van der Waals surface area (Å²) in [5.74, 6) is 2.64. The lowest BCUT2D eigenvalue weighted by Crippen LogP contribution is -2.44. The maximum atomic E-state index is 5.78. The quantitative estimate of drug-likeness (QED) is 0.224. The van der Waals surface area contributed by atoms with Crippen LogP contribution in [0.5, 0.6) is 5.75 Å². The molecule has 0 amide bonds. The molecule has 2 fully saturated rings. The molecule has 3 rings (SSSR count). The van der Waals surface area contributed by atoms with Gasteiger partial charge in [0.1, 0.15) is 5.75 Å². The Morgan fingerprint density at radius 2 is 1.93 bits per heavy atom. The van der Waals surface area contributed by atoms with Crippen LogP contribution in [0.15, 0.2) is 29.3 Å². The summed E-state index contributed by atoms with van der Waals surface area (Å²) in [6.45, 7) is 5.66. The molecule has 1 saturated carbocycles. The number of nitrogens with zero attached hydrogens (tertiary/aromatic N) is 3. The number of hydrogen-bond donors (Lipinski definition) is 1. The average Bonchev–Trinajstić information content (AvgIpc) is 3.40. The number of likely N-dealkylation sites (tertiary alicyclic amines) is 1. The molecule has 7 heteroatoms. The van der Waals surface area contributed by atoms with Crippen LogP contribution in [0, 0.1) is 5.92 Å². The number of guanidine groups is 1. The van der Waals surface area contributed by atoms with E-state index in [1.807, 2.05) is 7.05 Å². The van der Waals surface area contributed by atoms with Crippen LogP contribution in [0.1, 0.15) is 37.3 Å². The van der Waals surface area contributed by atoms with E-state index in [1.54, 1.807) is 7.11 Å². The first-order valence-electron chi connectivity index (χ1n) is 10.6. The number of halogens is 1. The van der Waals surface area contributed by atoms with Crippen LogP contribution in [0.3, 0.4) is 0 Å². The first kappa shape index (κ1) is 24.2. The summed E-state index contributed by atoms with van der Waals surface area (Å²) in [5, 5.41) is 3.58. The predicted octanol–water partition coefficient (Wildman–Crippen LogP) is 3.38. The molecule has 164 valence electrons. The highest BCUT2D eigenvalue weighted by atomic mass is 127. The number of likely N-dealkylation sites (N-methyl/N-ethyl adjacent to an activating group) is 1.